The van der Waals surface area contributed by atoms with E-state index in [4.69, 9.17) is 5.73 Å². The summed E-state index contributed by atoms with van der Waals surface area (Å²) in [6, 6.07) is 7.30. The maximum atomic E-state index is 5.88. The van der Waals surface area contributed by atoms with E-state index in [1.54, 1.807) is 0 Å². The van der Waals surface area contributed by atoms with Crippen LogP contribution < -0.4 is 10.6 Å². The molecule has 1 aliphatic carbocycles. The van der Waals surface area contributed by atoms with Crippen LogP contribution >= 0.6 is 15.9 Å². The van der Waals surface area contributed by atoms with Crippen molar-refractivity contribution >= 4 is 21.6 Å². The largest absolute Gasteiger partial charge is 0.369 e. The first kappa shape index (κ1) is 14.4. The van der Waals surface area contributed by atoms with Crippen molar-refractivity contribution in [3.05, 3.63) is 28.2 Å². The minimum Gasteiger partial charge on any atom is -0.369 e. The van der Waals surface area contributed by atoms with Gasteiger partial charge in [0.25, 0.3) is 0 Å². The number of rotatable bonds is 3. The zero-order chi connectivity index (χ0) is 13.9. The van der Waals surface area contributed by atoms with Crippen LogP contribution in [0, 0.1) is 0 Å². The van der Waals surface area contributed by atoms with Crippen molar-refractivity contribution in [1.29, 1.82) is 0 Å². The lowest BCUT2D eigenvalue weighted by atomic mass is 10.1. The van der Waals surface area contributed by atoms with Crippen LogP contribution in [0.4, 0.5) is 5.69 Å². The van der Waals surface area contributed by atoms with E-state index in [0.29, 0.717) is 6.54 Å². The molecule has 3 rings (SSSR count). The summed E-state index contributed by atoms with van der Waals surface area (Å²) in [5, 5.41) is 0. The Hall–Kier alpha value is -0.580. The van der Waals surface area contributed by atoms with Crippen molar-refractivity contribution in [3.8, 4) is 0 Å². The molecule has 2 aliphatic rings. The maximum Gasteiger partial charge on any atom is 0.0423 e. The lowest BCUT2D eigenvalue weighted by Crippen LogP contribution is -2.50. The third kappa shape index (κ3) is 3.02. The molecular formula is C16H24BrN3. The van der Waals surface area contributed by atoms with Gasteiger partial charge in [-0.2, -0.15) is 0 Å². The quantitative estimate of drug-likeness (QED) is 0.920. The highest BCUT2D eigenvalue weighted by molar-refractivity contribution is 9.10. The van der Waals surface area contributed by atoms with Crippen molar-refractivity contribution in [1.82, 2.24) is 4.90 Å². The normalized spacial score (nSPS) is 21.6. The molecule has 1 aromatic carbocycles. The van der Waals surface area contributed by atoms with Gasteiger partial charge < -0.3 is 10.6 Å². The van der Waals surface area contributed by atoms with Crippen LogP contribution in [-0.2, 0) is 6.54 Å². The Morgan fingerprint density at radius 1 is 1.10 bits per heavy atom. The van der Waals surface area contributed by atoms with Gasteiger partial charge >= 0.3 is 0 Å². The van der Waals surface area contributed by atoms with Gasteiger partial charge in [-0.15, -0.1) is 0 Å². The standard InChI is InChI=1S/C16H24BrN3/c17-14-6-5-13(12-18)16(11-14)20-9-7-19(8-10-20)15-3-1-2-4-15/h5-6,11,15H,1-4,7-10,12,18H2. The second-order valence-corrected chi connectivity index (χ2v) is 6.85. The molecule has 4 heteroatoms. The SMILES string of the molecule is NCc1ccc(Br)cc1N1CCN(C2CCCC2)CC1. The molecule has 1 saturated carbocycles. The lowest BCUT2D eigenvalue weighted by molar-refractivity contribution is 0.187. The Kier molecular flexibility index (Phi) is 4.64. The van der Waals surface area contributed by atoms with Crippen LogP contribution in [-0.4, -0.2) is 37.1 Å². The van der Waals surface area contributed by atoms with Crippen molar-refractivity contribution in [2.24, 2.45) is 5.73 Å². The second kappa shape index (κ2) is 6.46. The van der Waals surface area contributed by atoms with E-state index in [9.17, 15) is 0 Å². The summed E-state index contributed by atoms with van der Waals surface area (Å²) in [6.45, 7) is 5.26. The first-order valence-corrected chi connectivity index (χ1v) is 8.55. The first-order chi connectivity index (χ1) is 9.78. The van der Waals surface area contributed by atoms with Crippen molar-refractivity contribution in [2.75, 3.05) is 31.1 Å². The van der Waals surface area contributed by atoms with Gasteiger partial charge in [-0.05, 0) is 30.5 Å². The maximum absolute atomic E-state index is 5.88. The number of benzene rings is 1. The molecule has 0 bridgehead atoms. The van der Waals surface area contributed by atoms with E-state index in [0.717, 1.165) is 23.6 Å². The van der Waals surface area contributed by atoms with Crippen molar-refractivity contribution in [2.45, 2.75) is 38.3 Å². The van der Waals surface area contributed by atoms with Crippen LogP contribution in [0.15, 0.2) is 22.7 Å². The smallest absolute Gasteiger partial charge is 0.0423 e. The Morgan fingerprint density at radius 2 is 1.80 bits per heavy atom. The average Bonchev–Trinajstić information content (AvgIpc) is 3.02. The van der Waals surface area contributed by atoms with Gasteiger partial charge in [-0.25, -0.2) is 0 Å². The highest BCUT2D eigenvalue weighted by Gasteiger charge is 2.26. The highest BCUT2D eigenvalue weighted by atomic mass is 79.9. The fraction of sp³-hybridized carbons (Fsp3) is 0.625. The fourth-order valence-electron chi connectivity index (χ4n) is 3.60. The molecule has 1 saturated heterocycles. The molecule has 0 atom stereocenters. The Labute approximate surface area is 130 Å². The zero-order valence-electron chi connectivity index (χ0n) is 12.0. The molecule has 20 heavy (non-hydrogen) atoms. The minimum absolute atomic E-state index is 0.617. The van der Waals surface area contributed by atoms with Gasteiger partial charge in [0.2, 0.25) is 0 Å². The van der Waals surface area contributed by atoms with Gasteiger partial charge in [-0.3, -0.25) is 4.90 Å². The molecule has 0 unspecified atom stereocenters. The number of hydrogen-bond acceptors (Lipinski definition) is 3. The third-order valence-electron chi connectivity index (χ3n) is 4.76. The summed E-state index contributed by atoms with van der Waals surface area (Å²) in [5.41, 5.74) is 8.45. The van der Waals surface area contributed by atoms with Gasteiger partial charge in [-0.1, -0.05) is 34.8 Å². The van der Waals surface area contributed by atoms with Gasteiger partial charge in [0.1, 0.15) is 0 Å². The van der Waals surface area contributed by atoms with E-state index in [1.165, 1.54) is 50.0 Å². The Balaban J connectivity index is 1.67. The molecule has 1 aromatic rings. The number of anilines is 1. The minimum atomic E-state index is 0.617. The van der Waals surface area contributed by atoms with Crippen LogP contribution in [0.25, 0.3) is 0 Å². The summed E-state index contributed by atoms with van der Waals surface area (Å²) in [7, 11) is 0. The predicted octanol–water partition coefficient (Wildman–Crippen LogP) is 2.97. The van der Waals surface area contributed by atoms with Gasteiger partial charge in [0, 0.05) is 48.9 Å². The molecule has 2 N–H and O–H groups in total. The second-order valence-electron chi connectivity index (χ2n) is 5.94. The van der Waals surface area contributed by atoms with Gasteiger partial charge in [0.15, 0.2) is 0 Å². The third-order valence-corrected chi connectivity index (χ3v) is 5.26. The van der Waals surface area contributed by atoms with E-state index < -0.39 is 0 Å². The van der Waals surface area contributed by atoms with E-state index in [-0.39, 0.29) is 0 Å². The number of piperazine rings is 1. The summed E-state index contributed by atoms with van der Waals surface area (Å²) >= 11 is 3.58. The summed E-state index contributed by atoms with van der Waals surface area (Å²) < 4.78 is 1.14. The Morgan fingerprint density at radius 3 is 2.45 bits per heavy atom. The Bertz CT molecular complexity index is 449. The van der Waals surface area contributed by atoms with Crippen LogP contribution in [0.5, 0.6) is 0 Å². The van der Waals surface area contributed by atoms with Crippen molar-refractivity contribution < 1.29 is 0 Å². The number of nitrogens with zero attached hydrogens (tertiary/aromatic N) is 2. The number of hydrogen-bond donors (Lipinski definition) is 1. The summed E-state index contributed by atoms with van der Waals surface area (Å²) in [4.78, 5) is 5.20. The van der Waals surface area contributed by atoms with Crippen LogP contribution in [0.1, 0.15) is 31.2 Å². The number of nitrogens with two attached hydrogens (primary N) is 1. The summed E-state index contributed by atoms with van der Waals surface area (Å²) in [6.07, 6.45) is 5.66. The molecule has 3 nitrogen and oxygen atoms in total. The van der Waals surface area contributed by atoms with E-state index in [2.05, 4.69) is 43.9 Å². The molecule has 0 spiro atoms. The molecule has 2 fully saturated rings. The molecule has 1 heterocycles. The molecule has 0 amide bonds. The summed E-state index contributed by atoms with van der Waals surface area (Å²) in [5.74, 6) is 0. The average molecular weight is 338 g/mol. The molecular weight excluding hydrogens is 314 g/mol. The highest BCUT2D eigenvalue weighted by Crippen LogP contribution is 2.28. The van der Waals surface area contributed by atoms with E-state index in [1.807, 2.05) is 0 Å². The van der Waals surface area contributed by atoms with Crippen LogP contribution in [0.3, 0.4) is 0 Å². The number of halogens is 1. The zero-order valence-corrected chi connectivity index (χ0v) is 13.6. The van der Waals surface area contributed by atoms with Crippen molar-refractivity contribution in [3.63, 3.8) is 0 Å². The predicted molar refractivity (Wildman–Crippen MR) is 88.1 cm³/mol. The molecule has 110 valence electrons. The van der Waals surface area contributed by atoms with Crippen LogP contribution in [0.2, 0.25) is 0 Å². The molecule has 1 aliphatic heterocycles. The van der Waals surface area contributed by atoms with E-state index >= 15 is 0 Å². The molecule has 0 aromatic heterocycles. The monoisotopic (exact) mass is 337 g/mol. The first-order valence-electron chi connectivity index (χ1n) is 7.75. The molecule has 0 radical (unpaired) electrons. The van der Waals surface area contributed by atoms with Gasteiger partial charge in [0.05, 0.1) is 0 Å². The fourth-order valence-corrected chi connectivity index (χ4v) is 3.95. The topological polar surface area (TPSA) is 32.5 Å². The lowest BCUT2D eigenvalue weighted by Gasteiger charge is -2.39.